The number of carbonyl (C=O) groups excluding carboxylic acids is 1. The summed E-state index contributed by atoms with van der Waals surface area (Å²) in [5.74, 6) is 0.571. The molecule has 3 aromatic carbocycles. The van der Waals surface area contributed by atoms with E-state index in [1.807, 2.05) is 40.8 Å². The van der Waals surface area contributed by atoms with Gasteiger partial charge in [-0.05, 0) is 35.9 Å². The van der Waals surface area contributed by atoms with Gasteiger partial charge in [0, 0.05) is 17.9 Å². The first-order chi connectivity index (χ1) is 18.0. The average Bonchev–Trinajstić information content (AvgIpc) is 3.30. The number of halogens is 1. The number of para-hydroxylation sites is 3. The lowest BCUT2D eigenvalue weighted by atomic mass is 9.86. The normalized spacial score (nSPS) is 15.0. The highest BCUT2D eigenvalue weighted by atomic mass is 19.1. The molecule has 1 amide bonds. The molecule has 8 nitrogen and oxygen atoms in total. The van der Waals surface area contributed by atoms with Crippen LogP contribution in [0.1, 0.15) is 29.0 Å². The monoisotopic (exact) mass is 498 g/mol. The van der Waals surface area contributed by atoms with Crippen molar-refractivity contribution in [1.82, 2.24) is 14.0 Å². The van der Waals surface area contributed by atoms with Crippen molar-refractivity contribution in [1.29, 1.82) is 0 Å². The molecule has 3 heterocycles. The molecule has 5 aromatic rings. The number of nitrogens with zero attached hydrogens (tertiary/aromatic N) is 3. The van der Waals surface area contributed by atoms with Gasteiger partial charge in [-0.15, -0.1) is 0 Å². The molecular formula is C28H23FN4O4. The van der Waals surface area contributed by atoms with Gasteiger partial charge in [-0.3, -0.25) is 18.6 Å². The Labute approximate surface area is 210 Å². The Kier molecular flexibility index (Phi) is 5.40. The number of fused-ring (bicyclic) bond motifs is 5. The van der Waals surface area contributed by atoms with Crippen molar-refractivity contribution in [3.8, 4) is 11.5 Å². The van der Waals surface area contributed by atoms with Gasteiger partial charge in [0.25, 0.3) is 5.56 Å². The predicted octanol–water partition coefficient (Wildman–Crippen LogP) is 4.33. The number of amides is 1. The Hall–Kier alpha value is -4.66. The van der Waals surface area contributed by atoms with E-state index in [0.29, 0.717) is 39.7 Å². The van der Waals surface area contributed by atoms with Crippen molar-refractivity contribution in [2.45, 2.75) is 18.9 Å². The Balaban J connectivity index is 1.69. The molecule has 0 bridgehead atoms. The maximum absolute atomic E-state index is 14.2. The maximum atomic E-state index is 14.2. The molecular weight excluding hydrogens is 475 g/mol. The third-order valence-electron chi connectivity index (χ3n) is 6.80. The van der Waals surface area contributed by atoms with E-state index in [9.17, 15) is 14.0 Å². The van der Waals surface area contributed by atoms with Gasteiger partial charge in [0.05, 0.1) is 37.4 Å². The zero-order valence-corrected chi connectivity index (χ0v) is 20.2. The molecule has 0 fully saturated rings. The van der Waals surface area contributed by atoms with E-state index in [0.717, 1.165) is 11.1 Å². The van der Waals surface area contributed by atoms with Gasteiger partial charge in [-0.1, -0.05) is 36.4 Å². The molecule has 9 heteroatoms. The lowest BCUT2D eigenvalue weighted by Crippen LogP contribution is -2.36. The smallest absolute Gasteiger partial charge is 0.261 e. The molecule has 0 radical (unpaired) electrons. The first kappa shape index (κ1) is 22.8. The molecule has 37 heavy (non-hydrogen) atoms. The average molecular weight is 499 g/mol. The minimum absolute atomic E-state index is 0.0560. The largest absolute Gasteiger partial charge is 0.493 e. The van der Waals surface area contributed by atoms with Gasteiger partial charge in [0.2, 0.25) is 11.7 Å². The number of nitrogens with one attached hydrogen (secondary N) is 1. The van der Waals surface area contributed by atoms with Crippen LogP contribution in [0.5, 0.6) is 11.5 Å². The van der Waals surface area contributed by atoms with Crippen LogP contribution in [-0.4, -0.2) is 34.1 Å². The second kappa shape index (κ2) is 8.77. The number of imidazole rings is 1. The van der Waals surface area contributed by atoms with Crippen molar-refractivity contribution < 1.29 is 18.7 Å². The van der Waals surface area contributed by atoms with Gasteiger partial charge >= 0.3 is 0 Å². The van der Waals surface area contributed by atoms with Crippen molar-refractivity contribution in [2.75, 3.05) is 19.5 Å². The lowest BCUT2D eigenvalue weighted by molar-refractivity contribution is -0.116. The van der Waals surface area contributed by atoms with Crippen LogP contribution in [0.15, 0.2) is 71.5 Å². The summed E-state index contributed by atoms with van der Waals surface area (Å²) in [7, 11) is 3.07. The number of rotatable bonds is 5. The third-order valence-corrected chi connectivity index (χ3v) is 6.80. The van der Waals surface area contributed by atoms with Crippen LogP contribution in [0, 0.1) is 5.82 Å². The lowest BCUT2D eigenvalue weighted by Gasteiger charge is -2.28. The number of hydrogen-bond acceptors (Lipinski definition) is 5. The Morgan fingerprint density at radius 1 is 1.00 bits per heavy atom. The van der Waals surface area contributed by atoms with E-state index in [2.05, 4.69) is 5.32 Å². The number of anilines is 1. The molecule has 2 aromatic heterocycles. The molecule has 0 saturated heterocycles. The fraction of sp³-hybridized carbons (Fsp3) is 0.179. The van der Waals surface area contributed by atoms with Gasteiger partial charge < -0.3 is 14.8 Å². The minimum Gasteiger partial charge on any atom is -0.493 e. The zero-order chi connectivity index (χ0) is 25.7. The third kappa shape index (κ3) is 3.62. The van der Waals surface area contributed by atoms with Crippen LogP contribution in [0.25, 0.3) is 16.8 Å². The van der Waals surface area contributed by atoms with E-state index in [4.69, 9.17) is 14.5 Å². The van der Waals surface area contributed by atoms with Crippen LogP contribution >= 0.6 is 0 Å². The summed E-state index contributed by atoms with van der Waals surface area (Å²) in [6.07, 6.45) is 0.0560. The standard InChI is InChI=1S/C28H23FN4O4/c1-36-22-9-5-6-18(25(22)37-2)19-14-23(34)31-26-24(19)27(35)32(15-16-10-12-17(29)13-11-16)28-30-20-7-3-4-8-21(20)33(26)28/h3-13,19H,14-15H2,1-2H3,(H,31,34)/t19-/m1/s1. The summed E-state index contributed by atoms with van der Waals surface area (Å²) in [5.41, 5.74) is 2.97. The fourth-order valence-electron chi connectivity index (χ4n) is 5.15. The number of methoxy groups -OCH3 is 2. The van der Waals surface area contributed by atoms with Crippen LogP contribution in [0.3, 0.4) is 0 Å². The van der Waals surface area contributed by atoms with Crippen molar-refractivity contribution >= 4 is 28.5 Å². The quantitative estimate of drug-likeness (QED) is 0.390. The highest BCUT2D eigenvalue weighted by Crippen LogP contribution is 2.43. The van der Waals surface area contributed by atoms with Crippen LogP contribution in [0.2, 0.25) is 0 Å². The molecule has 0 saturated carbocycles. The van der Waals surface area contributed by atoms with Gasteiger partial charge in [0.1, 0.15) is 11.6 Å². The molecule has 1 aliphatic heterocycles. The van der Waals surface area contributed by atoms with Crippen LogP contribution < -0.4 is 20.3 Å². The van der Waals surface area contributed by atoms with E-state index in [1.165, 1.54) is 19.2 Å². The first-order valence-corrected chi connectivity index (χ1v) is 11.8. The summed E-state index contributed by atoms with van der Waals surface area (Å²) < 4.78 is 28.1. The zero-order valence-electron chi connectivity index (χ0n) is 20.2. The topological polar surface area (TPSA) is 86.9 Å². The summed E-state index contributed by atoms with van der Waals surface area (Å²) in [5, 5.41) is 2.94. The summed E-state index contributed by atoms with van der Waals surface area (Å²) in [4.78, 5) is 32.0. The molecule has 1 atom stereocenters. The predicted molar refractivity (Wildman–Crippen MR) is 137 cm³/mol. The number of aromatic nitrogens is 3. The molecule has 1 N–H and O–H groups in total. The number of benzene rings is 3. The highest BCUT2D eigenvalue weighted by Gasteiger charge is 2.35. The SMILES string of the molecule is COc1cccc([C@H]2CC(=O)Nc3c2c(=O)n(Cc2ccc(F)cc2)c2nc4ccccc4n32)c1OC. The molecule has 0 aliphatic carbocycles. The summed E-state index contributed by atoms with van der Waals surface area (Å²) >= 11 is 0. The maximum Gasteiger partial charge on any atom is 0.261 e. The van der Waals surface area contributed by atoms with Crippen LogP contribution in [0.4, 0.5) is 10.2 Å². The molecule has 0 unspecified atom stereocenters. The highest BCUT2D eigenvalue weighted by molar-refractivity contribution is 5.96. The van der Waals surface area contributed by atoms with E-state index < -0.39 is 5.92 Å². The Morgan fingerprint density at radius 2 is 1.78 bits per heavy atom. The van der Waals surface area contributed by atoms with Gasteiger partial charge in [-0.25, -0.2) is 9.37 Å². The Morgan fingerprint density at radius 3 is 2.54 bits per heavy atom. The van der Waals surface area contributed by atoms with Crippen molar-refractivity contribution in [3.05, 3.63) is 99.6 Å². The second-order valence-corrected chi connectivity index (χ2v) is 8.90. The number of hydrogen-bond donors (Lipinski definition) is 1. The molecule has 6 rings (SSSR count). The molecule has 186 valence electrons. The minimum atomic E-state index is -0.591. The van der Waals surface area contributed by atoms with Gasteiger partial charge in [0.15, 0.2) is 11.5 Å². The number of ether oxygens (including phenoxy) is 2. The van der Waals surface area contributed by atoms with Crippen LogP contribution in [-0.2, 0) is 11.3 Å². The first-order valence-electron chi connectivity index (χ1n) is 11.8. The van der Waals surface area contributed by atoms with Crippen molar-refractivity contribution in [2.24, 2.45) is 0 Å². The van der Waals surface area contributed by atoms with E-state index in [-0.39, 0.29) is 30.2 Å². The summed E-state index contributed by atoms with van der Waals surface area (Å²) in [6, 6.07) is 18.9. The van der Waals surface area contributed by atoms with Crippen molar-refractivity contribution in [3.63, 3.8) is 0 Å². The van der Waals surface area contributed by atoms with E-state index >= 15 is 0 Å². The number of carbonyl (C=O) groups is 1. The summed E-state index contributed by atoms with van der Waals surface area (Å²) in [6.45, 7) is 0.176. The molecule has 0 spiro atoms. The molecule has 1 aliphatic rings. The second-order valence-electron chi connectivity index (χ2n) is 8.90. The van der Waals surface area contributed by atoms with Gasteiger partial charge in [-0.2, -0.15) is 0 Å². The Bertz CT molecular complexity index is 1740. The van der Waals surface area contributed by atoms with E-state index in [1.54, 1.807) is 29.9 Å². The fourth-order valence-corrected chi connectivity index (χ4v) is 5.15.